The minimum atomic E-state index is -4.37. The van der Waals surface area contributed by atoms with E-state index < -0.39 is 11.7 Å². The molecule has 0 aliphatic rings. The van der Waals surface area contributed by atoms with Crippen LogP contribution in [0.2, 0.25) is 5.02 Å². The molecule has 0 fully saturated rings. The maximum Gasteiger partial charge on any atom is 0.417 e. The Morgan fingerprint density at radius 2 is 2.00 bits per heavy atom. The maximum absolute atomic E-state index is 12.4. The average molecular weight is 241 g/mol. The van der Waals surface area contributed by atoms with Gasteiger partial charge in [-0.15, -0.1) is 11.8 Å². The van der Waals surface area contributed by atoms with Gasteiger partial charge in [0.25, 0.3) is 0 Å². The van der Waals surface area contributed by atoms with Gasteiger partial charge in [0.2, 0.25) is 0 Å². The zero-order valence-electron chi connectivity index (χ0n) is 7.36. The highest BCUT2D eigenvalue weighted by molar-refractivity contribution is 7.99. The summed E-state index contributed by atoms with van der Waals surface area (Å²) in [5.41, 5.74) is -0.766. The Morgan fingerprint density at radius 1 is 1.36 bits per heavy atom. The van der Waals surface area contributed by atoms with Crippen LogP contribution in [0.4, 0.5) is 13.2 Å². The minimum absolute atomic E-state index is 0.252. The molecule has 0 nitrogen and oxygen atoms in total. The fourth-order valence-corrected chi connectivity index (χ4v) is 1.90. The first-order chi connectivity index (χ1) is 6.45. The van der Waals surface area contributed by atoms with Gasteiger partial charge in [0.1, 0.15) is 0 Å². The lowest BCUT2D eigenvalue weighted by atomic mass is 10.2. The molecule has 1 aromatic carbocycles. The monoisotopic (exact) mass is 240 g/mol. The predicted molar refractivity (Wildman–Crippen MR) is 52.9 cm³/mol. The number of hydrogen-bond donors (Lipinski definition) is 0. The lowest BCUT2D eigenvalue weighted by Gasteiger charge is -2.10. The van der Waals surface area contributed by atoms with Crippen molar-refractivity contribution < 1.29 is 13.2 Å². The lowest BCUT2D eigenvalue weighted by Crippen LogP contribution is -2.05. The van der Waals surface area contributed by atoms with Gasteiger partial charge in [0.15, 0.2) is 0 Å². The average Bonchev–Trinajstić information content (AvgIpc) is 2.07. The maximum atomic E-state index is 12.4. The van der Waals surface area contributed by atoms with E-state index in [1.165, 1.54) is 17.8 Å². The van der Waals surface area contributed by atoms with E-state index in [0.29, 0.717) is 4.90 Å². The second-order valence-corrected chi connectivity index (χ2v) is 4.32. The Morgan fingerprint density at radius 3 is 2.50 bits per heavy atom. The van der Waals surface area contributed by atoms with Gasteiger partial charge in [0, 0.05) is 4.90 Å². The first-order valence-corrected chi connectivity index (χ1v) is 5.31. The molecule has 5 heteroatoms. The molecule has 0 radical (unpaired) electrons. The summed E-state index contributed by atoms with van der Waals surface area (Å²) in [6.07, 6.45) is -4.37. The van der Waals surface area contributed by atoms with Crippen LogP contribution in [0.3, 0.4) is 0 Å². The molecule has 0 N–H and O–H groups in total. The van der Waals surface area contributed by atoms with Gasteiger partial charge in [-0.25, -0.2) is 0 Å². The van der Waals surface area contributed by atoms with Crippen LogP contribution < -0.4 is 0 Å². The van der Waals surface area contributed by atoms with Crippen molar-refractivity contribution in [2.75, 3.05) is 5.75 Å². The van der Waals surface area contributed by atoms with E-state index in [4.69, 9.17) is 11.6 Å². The Hall–Kier alpha value is -0.350. The summed E-state index contributed by atoms with van der Waals surface area (Å²) in [5, 5.41) is -0.252. The molecule has 0 aromatic heterocycles. The third-order valence-electron chi connectivity index (χ3n) is 1.55. The minimum Gasteiger partial charge on any atom is -0.166 e. The molecule has 0 bridgehead atoms. The highest BCUT2D eigenvalue weighted by Crippen LogP contribution is 2.36. The summed E-state index contributed by atoms with van der Waals surface area (Å²) in [4.78, 5) is 0.587. The quantitative estimate of drug-likeness (QED) is 0.688. The summed E-state index contributed by atoms with van der Waals surface area (Å²) in [7, 11) is 0. The number of thioether (sulfide) groups is 1. The van der Waals surface area contributed by atoms with Gasteiger partial charge >= 0.3 is 6.18 Å². The zero-order chi connectivity index (χ0) is 10.8. The van der Waals surface area contributed by atoms with Crippen LogP contribution in [0.25, 0.3) is 0 Å². The van der Waals surface area contributed by atoms with Crippen molar-refractivity contribution in [3.63, 3.8) is 0 Å². The normalized spacial score (nSPS) is 11.8. The number of alkyl halides is 3. The number of benzene rings is 1. The summed E-state index contributed by atoms with van der Waals surface area (Å²) in [5.74, 6) is 0.735. The highest BCUT2D eigenvalue weighted by atomic mass is 35.5. The largest absolute Gasteiger partial charge is 0.417 e. The molecule has 0 aliphatic heterocycles. The fourth-order valence-electron chi connectivity index (χ4n) is 0.978. The molecule has 1 rings (SSSR count). The SMILES string of the molecule is CCSc1ccc(Cl)c(C(F)(F)F)c1. The molecule has 0 saturated heterocycles. The third kappa shape index (κ3) is 2.82. The van der Waals surface area contributed by atoms with E-state index >= 15 is 0 Å². The van der Waals surface area contributed by atoms with E-state index in [9.17, 15) is 13.2 Å². The van der Waals surface area contributed by atoms with Crippen molar-refractivity contribution in [3.8, 4) is 0 Å². The molecular weight excluding hydrogens is 233 g/mol. The Bertz CT molecular complexity index is 322. The van der Waals surface area contributed by atoms with Crippen molar-refractivity contribution in [2.45, 2.75) is 18.0 Å². The fraction of sp³-hybridized carbons (Fsp3) is 0.333. The molecule has 0 unspecified atom stereocenters. The van der Waals surface area contributed by atoms with Crippen molar-refractivity contribution in [1.82, 2.24) is 0 Å². The van der Waals surface area contributed by atoms with E-state index in [1.807, 2.05) is 6.92 Å². The van der Waals surface area contributed by atoms with Crippen LogP contribution in [0.15, 0.2) is 23.1 Å². The molecule has 0 amide bonds. The molecule has 0 spiro atoms. The summed E-state index contributed by atoms with van der Waals surface area (Å²) in [6.45, 7) is 1.88. The van der Waals surface area contributed by atoms with Crippen LogP contribution in [0.1, 0.15) is 12.5 Å². The van der Waals surface area contributed by atoms with Crippen molar-refractivity contribution in [2.24, 2.45) is 0 Å². The molecule has 0 heterocycles. The molecule has 0 aliphatic carbocycles. The zero-order valence-corrected chi connectivity index (χ0v) is 8.93. The summed E-state index contributed by atoms with van der Waals surface area (Å²) >= 11 is 6.81. The van der Waals surface area contributed by atoms with Gasteiger partial charge in [0.05, 0.1) is 10.6 Å². The highest BCUT2D eigenvalue weighted by Gasteiger charge is 2.33. The van der Waals surface area contributed by atoms with Gasteiger partial charge in [-0.05, 0) is 24.0 Å². The topological polar surface area (TPSA) is 0 Å². The smallest absolute Gasteiger partial charge is 0.166 e. The van der Waals surface area contributed by atoms with E-state index in [1.54, 1.807) is 6.07 Å². The van der Waals surface area contributed by atoms with Gasteiger partial charge in [-0.2, -0.15) is 13.2 Å². The van der Waals surface area contributed by atoms with Gasteiger partial charge in [-0.3, -0.25) is 0 Å². The lowest BCUT2D eigenvalue weighted by molar-refractivity contribution is -0.137. The standard InChI is InChI=1S/C9H8ClF3S/c1-2-14-6-3-4-8(10)7(5-6)9(11,12)13/h3-5H,2H2,1H3. The van der Waals surface area contributed by atoms with Gasteiger partial charge in [-0.1, -0.05) is 18.5 Å². The molecule has 78 valence electrons. The predicted octanol–water partition coefficient (Wildman–Crippen LogP) is 4.47. The van der Waals surface area contributed by atoms with Crippen molar-refractivity contribution in [3.05, 3.63) is 28.8 Å². The second-order valence-electron chi connectivity index (χ2n) is 2.57. The third-order valence-corrected chi connectivity index (χ3v) is 2.76. The second kappa shape index (κ2) is 4.45. The van der Waals surface area contributed by atoms with Crippen molar-refractivity contribution >= 4 is 23.4 Å². The molecule has 0 saturated carbocycles. The Balaban J connectivity index is 3.09. The first-order valence-electron chi connectivity index (χ1n) is 3.94. The van der Waals surface area contributed by atoms with Gasteiger partial charge < -0.3 is 0 Å². The van der Waals surface area contributed by atoms with Crippen LogP contribution in [0, 0.1) is 0 Å². The first kappa shape index (κ1) is 11.7. The summed E-state index contributed by atoms with van der Waals surface area (Å²) < 4.78 is 37.1. The number of hydrogen-bond acceptors (Lipinski definition) is 1. The summed E-state index contributed by atoms with van der Waals surface area (Å²) in [6, 6.07) is 3.95. The Labute approximate surface area is 89.4 Å². The van der Waals surface area contributed by atoms with Crippen LogP contribution >= 0.6 is 23.4 Å². The Kier molecular flexibility index (Phi) is 3.72. The van der Waals surface area contributed by atoms with E-state index in [2.05, 4.69) is 0 Å². The molecule has 14 heavy (non-hydrogen) atoms. The molecule has 0 atom stereocenters. The molecule has 1 aromatic rings. The van der Waals surface area contributed by atoms with Crippen LogP contribution in [-0.4, -0.2) is 5.75 Å². The van der Waals surface area contributed by atoms with Crippen molar-refractivity contribution in [1.29, 1.82) is 0 Å². The van der Waals surface area contributed by atoms with E-state index in [0.717, 1.165) is 11.8 Å². The van der Waals surface area contributed by atoms with E-state index in [-0.39, 0.29) is 5.02 Å². The molecular formula is C9H8ClF3S. The van der Waals surface area contributed by atoms with Crippen LogP contribution in [0.5, 0.6) is 0 Å². The number of rotatable bonds is 2. The number of halogens is 4. The van der Waals surface area contributed by atoms with Crippen LogP contribution in [-0.2, 0) is 6.18 Å².